The smallest absolute Gasteiger partial charge is 0.242 e. The molecule has 2 amide bonds. The number of guanidine groups is 1. The first kappa shape index (κ1) is 27.3. The molecule has 11 nitrogen and oxygen atoms in total. The number of hydrogen-bond donors (Lipinski definition) is 7. The fourth-order valence-corrected chi connectivity index (χ4v) is 4.38. The summed E-state index contributed by atoms with van der Waals surface area (Å²) in [5.41, 5.74) is 22.9. The van der Waals surface area contributed by atoms with E-state index in [1.54, 1.807) is 17.5 Å². The summed E-state index contributed by atoms with van der Waals surface area (Å²) < 4.78 is 0. The number of imidazole rings is 1. The molecule has 0 saturated heterocycles. The van der Waals surface area contributed by atoms with Crippen LogP contribution < -0.4 is 33.6 Å². The van der Waals surface area contributed by atoms with Crippen LogP contribution in [-0.4, -0.2) is 59.5 Å². The number of H-pyrrole nitrogens is 1. The Morgan fingerprint density at radius 3 is 2.56 bits per heavy atom. The Morgan fingerprint density at radius 2 is 1.88 bits per heavy atom. The summed E-state index contributed by atoms with van der Waals surface area (Å²) in [6.07, 6.45) is 8.24. The van der Waals surface area contributed by atoms with Crippen LogP contribution >= 0.6 is 11.3 Å². The van der Waals surface area contributed by atoms with Crippen molar-refractivity contribution in [2.24, 2.45) is 27.9 Å². The van der Waals surface area contributed by atoms with Crippen molar-refractivity contribution in [2.75, 3.05) is 19.6 Å². The molecule has 188 valence electrons. The molecule has 2 aromatic heterocycles. The van der Waals surface area contributed by atoms with Gasteiger partial charge in [-0.15, -0.1) is 11.3 Å². The van der Waals surface area contributed by atoms with Gasteiger partial charge in [-0.3, -0.25) is 14.6 Å². The maximum absolute atomic E-state index is 12.9. The minimum absolute atomic E-state index is 0.000294. The summed E-state index contributed by atoms with van der Waals surface area (Å²) in [6.45, 7) is 1.57. The molecule has 0 radical (unpaired) electrons. The number of carbonyl (C=O) groups excluding carboxylic acids is 2. The number of nitrogens with one attached hydrogen (secondary N) is 3. The molecule has 11 N–H and O–H groups in total. The number of carbonyl (C=O) groups is 2. The van der Waals surface area contributed by atoms with E-state index in [1.807, 2.05) is 0 Å². The monoisotopic (exact) mass is 491 g/mol. The molecule has 0 saturated carbocycles. The molecule has 2 atom stereocenters. The van der Waals surface area contributed by atoms with Crippen LogP contribution in [0, 0.1) is 0 Å². The van der Waals surface area contributed by atoms with Gasteiger partial charge in [-0.25, -0.2) is 4.98 Å². The Labute approximate surface area is 204 Å². The van der Waals surface area contributed by atoms with Crippen LogP contribution in [0.3, 0.4) is 0 Å². The number of rotatable bonds is 16. The van der Waals surface area contributed by atoms with Crippen molar-refractivity contribution in [1.29, 1.82) is 0 Å². The first-order chi connectivity index (χ1) is 16.4. The molecule has 12 heteroatoms. The van der Waals surface area contributed by atoms with Crippen LogP contribution in [0.15, 0.2) is 29.6 Å². The number of unbranched alkanes of at least 4 members (excludes halogenated alkanes) is 1. The van der Waals surface area contributed by atoms with Gasteiger partial charge in [-0.1, -0.05) is 0 Å². The lowest BCUT2D eigenvalue weighted by Crippen LogP contribution is -2.52. The number of aromatic nitrogens is 2. The Hall–Kier alpha value is -2.96. The number of nitrogens with zero attached hydrogens (tertiary/aromatic N) is 2. The maximum Gasteiger partial charge on any atom is 0.242 e. The summed E-state index contributed by atoms with van der Waals surface area (Å²) >= 11 is 1.76. The number of aromatic amines is 1. The number of amides is 2. The van der Waals surface area contributed by atoms with Crippen molar-refractivity contribution >= 4 is 29.1 Å². The lowest BCUT2D eigenvalue weighted by molar-refractivity contribution is -0.129. The third-order valence-corrected chi connectivity index (χ3v) is 6.39. The highest BCUT2D eigenvalue weighted by atomic mass is 32.1. The van der Waals surface area contributed by atoms with Crippen molar-refractivity contribution < 1.29 is 9.59 Å². The fourth-order valence-electron chi connectivity index (χ4n) is 3.32. The number of aliphatic imine (C=N–C) groups is 1. The number of nitrogens with two attached hydrogens (primary N) is 4. The highest BCUT2D eigenvalue weighted by Crippen LogP contribution is 2.18. The van der Waals surface area contributed by atoms with Crippen LogP contribution in [0.4, 0.5) is 0 Å². The fraction of sp³-hybridized carbons (Fsp3) is 0.545. The van der Waals surface area contributed by atoms with Gasteiger partial charge < -0.3 is 38.6 Å². The summed E-state index contributed by atoms with van der Waals surface area (Å²) in [4.78, 5) is 38.8. The highest BCUT2D eigenvalue weighted by Gasteiger charge is 2.24. The van der Waals surface area contributed by atoms with Crippen molar-refractivity contribution in [3.05, 3.63) is 40.1 Å². The third kappa shape index (κ3) is 10.3. The third-order valence-electron chi connectivity index (χ3n) is 5.18. The molecule has 0 aliphatic rings. The molecule has 0 aromatic carbocycles. The van der Waals surface area contributed by atoms with E-state index in [-0.39, 0.29) is 18.3 Å². The molecule has 0 unspecified atom stereocenters. The highest BCUT2D eigenvalue weighted by molar-refractivity contribution is 7.11. The van der Waals surface area contributed by atoms with Crippen LogP contribution in [0.1, 0.15) is 41.1 Å². The quantitative estimate of drug-likeness (QED) is 0.0932. The first-order valence-electron chi connectivity index (χ1n) is 11.5. The van der Waals surface area contributed by atoms with Crippen LogP contribution in [-0.2, 0) is 28.9 Å². The van der Waals surface area contributed by atoms with Gasteiger partial charge in [0, 0.05) is 41.2 Å². The van der Waals surface area contributed by atoms with Gasteiger partial charge >= 0.3 is 0 Å². The van der Waals surface area contributed by atoms with E-state index < -0.39 is 18.0 Å². The molecule has 0 fully saturated rings. The van der Waals surface area contributed by atoms with Gasteiger partial charge in [0.05, 0.1) is 12.4 Å². The summed E-state index contributed by atoms with van der Waals surface area (Å²) in [6, 6.07) is 2.69. The molecule has 0 spiro atoms. The summed E-state index contributed by atoms with van der Waals surface area (Å²) in [7, 11) is 0. The van der Waals surface area contributed by atoms with Gasteiger partial charge in [0.1, 0.15) is 6.04 Å². The number of aryl methyl sites for hydroxylation is 1. The Kier molecular flexibility index (Phi) is 12.1. The summed E-state index contributed by atoms with van der Waals surface area (Å²) in [5.74, 6) is -0.667. The predicted octanol–water partition coefficient (Wildman–Crippen LogP) is -0.480. The zero-order valence-electron chi connectivity index (χ0n) is 19.5. The minimum Gasteiger partial charge on any atom is -0.370 e. The van der Waals surface area contributed by atoms with Gasteiger partial charge in [0.2, 0.25) is 11.8 Å². The number of hydrogen-bond acceptors (Lipinski definition) is 7. The van der Waals surface area contributed by atoms with Gasteiger partial charge in [0.25, 0.3) is 0 Å². The lowest BCUT2D eigenvalue weighted by Gasteiger charge is -2.20. The van der Waals surface area contributed by atoms with E-state index >= 15 is 0 Å². The molecular weight excluding hydrogens is 454 g/mol. The topological polar surface area (TPSA) is 203 Å². The second kappa shape index (κ2) is 15.0. The van der Waals surface area contributed by atoms with Gasteiger partial charge in [0.15, 0.2) is 5.96 Å². The first-order valence-corrected chi connectivity index (χ1v) is 12.3. The van der Waals surface area contributed by atoms with Gasteiger partial charge in [-0.2, -0.15) is 0 Å². The average Bonchev–Trinajstić information content (AvgIpc) is 3.48. The van der Waals surface area contributed by atoms with Crippen LogP contribution in [0.5, 0.6) is 0 Å². The van der Waals surface area contributed by atoms with E-state index in [0.717, 1.165) is 31.4 Å². The lowest BCUT2D eigenvalue weighted by atomic mass is 10.1. The number of thiophene rings is 1. The zero-order chi connectivity index (χ0) is 24.8. The largest absolute Gasteiger partial charge is 0.370 e. The molecule has 0 aliphatic heterocycles. The molecule has 2 rings (SSSR count). The van der Waals surface area contributed by atoms with E-state index in [2.05, 4.69) is 37.7 Å². The minimum atomic E-state index is -0.771. The Morgan fingerprint density at radius 1 is 1.12 bits per heavy atom. The normalized spacial score (nSPS) is 12.6. The predicted molar refractivity (Wildman–Crippen MR) is 135 cm³/mol. The van der Waals surface area contributed by atoms with E-state index in [1.165, 1.54) is 16.1 Å². The summed E-state index contributed by atoms with van der Waals surface area (Å²) in [5, 5.41) is 5.70. The Balaban J connectivity index is 1.85. The van der Waals surface area contributed by atoms with E-state index in [4.69, 9.17) is 22.9 Å². The van der Waals surface area contributed by atoms with Crippen molar-refractivity contribution in [3.8, 4) is 0 Å². The average molecular weight is 492 g/mol. The second-order valence-corrected chi connectivity index (χ2v) is 9.31. The molecule has 2 aromatic rings. The van der Waals surface area contributed by atoms with Crippen molar-refractivity contribution in [1.82, 2.24) is 20.6 Å². The standard InChI is InChI=1S/C22H37N9O2S/c23-9-2-1-4-16-6-7-17(34-16)8-11-28-21(33)19(12-15-13-27-14-30-15)31-20(32)18(24)5-3-10-29-22(25)26/h6-7,13-14,18-19H,1-5,8-12,23-24H2,(H,27,30)(H,28,33)(H,31,32)(H4,25,26,29)/t18-,19-/m0/s1. The maximum atomic E-state index is 12.9. The van der Waals surface area contributed by atoms with E-state index in [0.29, 0.717) is 32.5 Å². The van der Waals surface area contributed by atoms with Crippen molar-refractivity contribution in [2.45, 2.75) is 57.0 Å². The SMILES string of the molecule is NCCCCc1ccc(CCNC(=O)[C@H](Cc2cnc[nH]2)NC(=O)[C@@H](N)CCCN=C(N)N)s1. The molecule has 34 heavy (non-hydrogen) atoms. The molecule has 0 aliphatic carbocycles. The molecule has 0 bridgehead atoms. The second-order valence-electron chi connectivity index (χ2n) is 8.05. The molecular formula is C22H37N9O2S. The molecule has 2 heterocycles. The zero-order valence-corrected chi connectivity index (χ0v) is 20.3. The Bertz CT molecular complexity index is 894. The van der Waals surface area contributed by atoms with Gasteiger partial charge in [-0.05, 0) is 57.2 Å². The van der Waals surface area contributed by atoms with Crippen LogP contribution in [0.2, 0.25) is 0 Å². The van der Waals surface area contributed by atoms with Crippen LogP contribution in [0.25, 0.3) is 0 Å². The van der Waals surface area contributed by atoms with Crippen molar-refractivity contribution in [3.63, 3.8) is 0 Å². The van der Waals surface area contributed by atoms with E-state index in [9.17, 15) is 9.59 Å².